The zero-order valence-electron chi connectivity index (χ0n) is 11.1. The zero-order chi connectivity index (χ0) is 14.1. The lowest BCUT2D eigenvalue weighted by Gasteiger charge is -2.07. The number of nitrogens with one attached hydrogen (secondary N) is 1. The number of benzene rings is 1. The van der Waals surface area contributed by atoms with Gasteiger partial charge in [0.1, 0.15) is 0 Å². The van der Waals surface area contributed by atoms with E-state index in [0.29, 0.717) is 25.0 Å². The molecule has 1 heterocycles. The number of anilines is 1. The largest absolute Gasteiger partial charge is 0.369 e. The predicted octanol–water partition coefficient (Wildman–Crippen LogP) is 2.44. The lowest BCUT2D eigenvalue weighted by molar-refractivity contribution is -0.121. The Hall–Kier alpha value is -1.56. The van der Waals surface area contributed by atoms with Gasteiger partial charge in [-0.25, -0.2) is 4.98 Å². The maximum atomic E-state index is 11.6. The number of nitrogens with zero attached hydrogens (tertiary/aromatic N) is 2. The molecule has 6 heteroatoms. The van der Waals surface area contributed by atoms with E-state index in [4.69, 9.17) is 5.73 Å². The highest BCUT2D eigenvalue weighted by Gasteiger charge is 2.22. The highest BCUT2D eigenvalue weighted by molar-refractivity contribution is 9.10. The first-order chi connectivity index (χ1) is 9.63. The minimum absolute atomic E-state index is 0.136. The molecular formula is C14H17BrN4O. The number of imidazole rings is 1. The molecule has 1 aromatic heterocycles. The van der Waals surface area contributed by atoms with E-state index in [0.717, 1.165) is 34.8 Å². The molecule has 106 valence electrons. The van der Waals surface area contributed by atoms with Crippen molar-refractivity contribution in [3.63, 3.8) is 0 Å². The molecule has 1 aromatic carbocycles. The third kappa shape index (κ3) is 2.95. The number of aryl methyl sites for hydroxylation is 1. The summed E-state index contributed by atoms with van der Waals surface area (Å²) in [6.45, 7) is 0.705. The minimum Gasteiger partial charge on any atom is -0.369 e. The Balaban J connectivity index is 1.65. The zero-order valence-corrected chi connectivity index (χ0v) is 12.7. The van der Waals surface area contributed by atoms with Crippen LogP contribution in [0.4, 0.5) is 5.95 Å². The van der Waals surface area contributed by atoms with Crippen LogP contribution >= 0.6 is 15.9 Å². The first kappa shape index (κ1) is 13.4. The molecule has 0 aliphatic heterocycles. The average molecular weight is 337 g/mol. The molecule has 3 N–H and O–H groups in total. The van der Waals surface area contributed by atoms with Crippen LogP contribution < -0.4 is 11.1 Å². The van der Waals surface area contributed by atoms with Crippen molar-refractivity contribution in [2.45, 2.75) is 38.3 Å². The number of carbonyl (C=O) groups excluding carboxylic acids is 1. The van der Waals surface area contributed by atoms with Crippen molar-refractivity contribution in [1.29, 1.82) is 0 Å². The standard InChI is InChI=1S/C14H17BrN4O/c15-9-3-6-11-12(8-9)19(14(16)18-11)7-1-2-13(20)17-10-4-5-10/h3,6,8,10H,1-2,4-5,7H2,(H2,16,18)(H,17,20). The van der Waals surface area contributed by atoms with Crippen LogP contribution in [0.25, 0.3) is 11.0 Å². The first-order valence-electron chi connectivity index (χ1n) is 6.84. The molecule has 1 aliphatic rings. The van der Waals surface area contributed by atoms with E-state index < -0.39 is 0 Å². The van der Waals surface area contributed by atoms with Crippen LogP contribution in [-0.4, -0.2) is 21.5 Å². The molecule has 0 saturated heterocycles. The molecule has 1 fully saturated rings. The van der Waals surface area contributed by atoms with Crippen LogP contribution in [0.5, 0.6) is 0 Å². The quantitative estimate of drug-likeness (QED) is 0.880. The van der Waals surface area contributed by atoms with Crippen LogP contribution in [-0.2, 0) is 11.3 Å². The molecular weight excluding hydrogens is 320 g/mol. The van der Waals surface area contributed by atoms with Crippen molar-refractivity contribution in [1.82, 2.24) is 14.9 Å². The summed E-state index contributed by atoms with van der Waals surface area (Å²) in [6, 6.07) is 6.31. The second-order valence-electron chi connectivity index (χ2n) is 5.20. The van der Waals surface area contributed by atoms with Gasteiger partial charge < -0.3 is 15.6 Å². The Bertz CT molecular complexity index is 648. The average Bonchev–Trinajstić information content (AvgIpc) is 3.15. The third-order valence-electron chi connectivity index (χ3n) is 3.47. The van der Waals surface area contributed by atoms with E-state index in [1.807, 2.05) is 22.8 Å². The van der Waals surface area contributed by atoms with E-state index in [1.165, 1.54) is 0 Å². The molecule has 5 nitrogen and oxygen atoms in total. The summed E-state index contributed by atoms with van der Waals surface area (Å²) >= 11 is 3.46. The summed E-state index contributed by atoms with van der Waals surface area (Å²) in [5, 5.41) is 2.99. The molecule has 0 radical (unpaired) electrons. The van der Waals surface area contributed by atoms with E-state index in [1.54, 1.807) is 0 Å². The van der Waals surface area contributed by atoms with E-state index in [9.17, 15) is 4.79 Å². The van der Waals surface area contributed by atoms with E-state index in [2.05, 4.69) is 26.2 Å². The monoisotopic (exact) mass is 336 g/mol. The van der Waals surface area contributed by atoms with Crippen molar-refractivity contribution >= 4 is 38.8 Å². The van der Waals surface area contributed by atoms with Crippen molar-refractivity contribution < 1.29 is 4.79 Å². The summed E-state index contributed by atoms with van der Waals surface area (Å²) < 4.78 is 2.96. The smallest absolute Gasteiger partial charge is 0.220 e. The highest BCUT2D eigenvalue weighted by atomic mass is 79.9. The molecule has 0 bridgehead atoms. The van der Waals surface area contributed by atoms with Gasteiger partial charge in [-0.1, -0.05) is 15.9 Å². The van der Waals surface area contributed by atoms with Gasteiger partial charge in [0.15, 0.2) is 0 Å². The highest BCUT2D eigenvalue weighted by Crippen LogP contribution is 2.23. The van der Waals surface area contributed by atoms with Gasteiger partial charge in [-0.3, -0.25) is 4.79 Å². The Morgan fingerprint density at radius 3 is 3.05 bits per heavy atom. The summed E-state index contributed by atoms with van der Waals surface area (Å²) in [6.07, 6.45) is 3.54. The van der Waals surface area contributed by atoms with Crippen molar-refractivity contribution in [3.05, 3.63) is 22.7 Å². The maximum absolute atomic E-state index is 11.6. The number of hydrogen-bond donors (Lipinski definition) is 2. The van der Waals surface area contributed by atoms with Crippen LogP contribution in [0, 0.1) is 0 Å². The van der Waals surface area contributed by atoms with Crippen LogP contribution in [0.3, 0.4) is 0 Å². The predicted molar refractivity (Wildman–Crippen MR) is 82.2 cm³/mol. The summed E-state index contributed by atoms with van der Waals surface area (Å²) in [7, 11) is 0. The van der Waals surface area contributed by atoms with Gasteiger partial charge >= 0.3 is 0 Å². The number of nitrogen functional groups attached to an aromatic ring is 1. The first-order valence-corrected chi connectivity index (χ1v) is 7.63. The minimum atomic E-state index is 0.136. The molecule has 1 amide bonds. The van der Waals surface area contributed by atoms with Gasteiger partial charge in [0, 0.05) is 23.5 Å². The second-order valence-corrected chi connectivity index (χ2v) is 6.12. The normalized spacial score (nSPS) is 14.7. The van der Waals surface area contributed by atoms with Gasteiger partial charge in [-0.05, 0) is 37.5 Å². The molecule has 3 rings (SSSR count). The molecule has 1 aliphatic carbocycles. The maximum Gasteiger partial charge on any atom is 0.220 e. The number of nitrogens with two attached hydrogens (primary N) is 1. The molecule has 0 unspecified atom stereocenters. The lowest BCUT2D eigenvalue weighted by Crippen LogP contribution is -2.25. The fourth-order valence-electron chi connectivity index (χ4n) is 2.27. The van der Waals surface area contributed by atoms with E-state index >= 15 is 0 Å². The molecule has 0 atom stereocenters. The van der Waals surface area contributed by atoms with Gasteiger partial charge in [0.25, 0.3) is 0 Å². The Kier molecular flexibility index (Phi) is 3.65. The summed E-state index contributed by atoms with van der Waals surface area (Å²) in [4.78, 5) is 16.0. The third-order valence-corrected chi connectivity index (χ3v) is 3.96. The second kappa shape index (κ2) is 5.44. The number of aromatic nitrogens is 2. The topological polar surface area (TPSA) is 72.9 Å². The SMILES string of the molecule is Nc1nc2ccc(Br)cc2n1CCCC(=O)NC1CC1. The summed E-state index contributed by atoms with van der Waals surface area (Å²) in [5.74, 6) is 0.636. The Labute approximate surface area is 125 Å². The Morgan fingerprint density at radius 1 is 1.50 bits per heavy atom. The molecule has 0 spiro atoms. The van der Waals surface area contributed by atoms with Crippen molar-refractivity contribution in [3.8, 4) is 0 Å². The number of hydrogen-bond acceptors (Lipinski definition) is 3. The van der Waals surface area contributed by atoms with Crippen molar-refractivity contribution in [2.75, 3.05) is 5.73 Å². The Morgan fingerprint density at radius 2 is 2.30 bits per heavy atom. The summed E-state index contributed by atoms with van der Waals surface area (Å²) in [5.41, 5.74) is 7.83. The fraction of sp³-hybridized carbons (Fsp3) is 0.429. The van der Waals surface area contributed by atoms with Gasteiger partial charge in [-0.2, -0.15) is 0 Å². The number of amides is 1. The lowest BCUT2D eigenvalue weighted by atomic mass is 10.2. The van der Waals surface area contributed by atoms with Crippen LogP contribution in [0.1, 0.15) is 25.7 Å². The van der Waals surface area contributed by atoms with E-state index in [-0.39, 0.29) is 5.91 Å². The number of fused-ring (bicyclic) bond motifs is 1. The van der Waals surface area contributed by atoms with Crippen molar-refractivity contribution in [2.24, 2.45) is 0 Å². The molecule has 20 heavy (non-hydrogen) atoms. The molecule has 2 aromatic rings. The van der Waals surface area contributed by atoms with Gasteiger partial charge in [0.05, 0.1) is 11.0 Å². The van der Waals surface area contributed by atoms with Crippen LogP contribution in [0.15, 0.2) is 22.7 Å². The number of halogens is 1. The fourth-order valence-corrected chi connectivity index (χ4v) is 2.62. The number of rotatable bonds is 5. The number of carbonyl (C=O) groups is 1. The van der Waals surface area contributed by atoms with Gasteiger partial charge in [0.2, 0.25) is 11.9 Å². The molecule has 1 saturated carbocycles. The van der Waals surface area contributed by atoms with Crippen LogP contribution in [0.2, 0.25) is 0 Å². The van der Waals surface area contributed by atoms with Gasteiger partial charge in [-0.15, -0.1) is 0 Å².